The maximum absolute atomic E-state index is 13.2. The van der Waals surface area contributed by atoms with Crippen molar-refractivity contribution in [3.63, 3.8) is 0 Å². The lowest BCUT2D eigenvalue weighted by Gasteiger charge is -2.32. The van der Waals surface area contributed by atoms with E-state index in [1.165, 1.54) is 0 Å². The first-order chi connectivity index (χ1) is 11.6. The molecule has 7 heteroatoms. The molecule has 0 saturated carbocycles. The van der Waals surface area contributed by atoms with Crippen LogP contribution < -0.4 is 10.1 Å². The van der Waals surface area contributed by atoms with Crippen LogP contribution in [0.25, 0.3) is 10.8 Å². The summed E-state index contributed by atoms with van der Waals surface area (Å²) < 4.78 is 33.4. The summed E-state index contributed by atoms with van der Waals surface area (Å²) in [6, 6.07) is 10.9. The number of halogens is 1. The van der Waals surface area contributed by atoms with Gasteiger partial charge in [0.15, 0.2) is 0 Å². The third kappa shape index (κ3) is 3.92. The van der Waals surface area contributed by atoms with E-state index in [-0.39, 0.29) is 12.4 Å². The predicted molar refractivity (Wildman–Crippen MR) is 103 cm³/mol. The number of nitrogens with zero attached hydrogens (tertiary/aromatic N) is 1. The number of sulfonamides is 1. The molecule has 2 aromatic rings. The molecule has 1 atom stereocenters. The van der Waals surface area contributed by atoms with E-state index in [9.17, 15) is 8.42 Å². The Morgan fingerprint density at radius 1 is 1.20 bits per heavy atom. The van der Waals surface area contributed by atoms with Crippen molar-refractivity contribution in [1.82, 2.24) is 9.62 Å². The zero-order valence-electron chi connectivity index (χ0n) is 14.6. The molecule has 1 aliphatic heterocycles. The molecule has 0 bridgehead atoms. The Morgan fingerprint density at radius 2 is 1.92 bits per heavy atom. The van der Waals surface area contributed by atoms with Gasteiger partial charge in [-0.15, -0.1) is 12.4 Å². The second-order valence-electron chi connectivity index (χ2n) is 6.24. The normalized spacial score (nSPS) is 18.7. The van der Waals surface area contributed by atoms with E-state index in [1.807, 2.05) is 31.3 Å². The maximum atomic E-state index is 13.2. The zero-order valence-corrected chi connectivity index (χ0v) is 16.2. The van der Waals surface area contributed by atoms with Crippen LogP contribution in [-0.2, 0) is 10.0 Å². The van der Waals surface area contributed by atoms with Crippen LogP contribution in [-0.4, -0.2) is 46.5 Å². The van der Waals surface area contributed by atoms with E-state index >= 15 is 0 Å². The number of benzene rings is 2. The number of fused-ring (bicyclic) bond motifs is 1. The van der Waals surface area contributed by atoms with Crippen LogP contribution in [0.1, 0.15) is 12.8 Å². The summed E-state index contributed by atoms with van der Waals surface area (Å²) in [6.07, 6.45) is 1.97. The molecule has 3 rings (SSSR count). The molecular weight excluding hydrogens is 360 g/mol. The van der Waals surface area contributed by atoms with Crippen molar-refractivity contribution in [2.24, 2.45) is 5.92 Å². The third-order valence-electron chi connectivity index (χ3n) is 4.66. The molecular formula is C18H25ClN2O3S. The minimum atomic E-state index is -3.51. The van der Waals surface area contributed by atoms with Crippen molar-refractivity contribution in [1.29, 1.82) is 0 Å². The van der Waals surface area contributed by atoms with Crippen molar-refractivity contribution < 1.29 is 13.2 Å². The van der Waals surface area contributed by atoms with E-state index in [1.54, 1.807) is 23.5 Å². The van der Waals surface area contributed by atoms with Gasteiger partial charge in [-0.25, -0.2) is 8.42 Å². The Morgan fingerprint density at radius 3 is 2.60 bits per heavy atom. The fourth-order valence-corrected chi connectivity index (χ4v) is 5.24. The molecule has 0 radical (unpaired) electrons. The van der Waals surface area contributed by atoms with Crippen LogP contribution >= 0.6 is 12.4 Å². The van der Waals surface area contributed by atoms with Gasteiger partial charge in [0.25, 0.3) is 0 Å². The monoisotopic (exact) mass is 384 g/mol. The molecule has 1 unspecified atom stereocenters. The summed E-state index contributed by atoms with van der Waals surface area (Å²) in [5.74, 6) is 1.05. The van der Waals surface area contributed by atoms with Gasteiger partial charge in [0.05, 0.1) is 12.0 Å². The van der Waals surface area contributed by atoms with Crippen molar-refractivity contribution in [2.45, 2.75) is 17.7 Å². The maximum Gasteiger partial charge on any atom is 0.243 e. The molecule has 5 nitrogen and oxygen atoms in total. The highest BCUT2D eigenvalue weighted by Gasteiger charge is 2.31. The Hall–Kier alpha value is -1.34. The van der Waals surface area contributed by atoms with E-state index in [4.69, 9.17) is 4.74 Å². The molecule has 0 amide bonds. The van der Waals surface area contributed by atoms with Crippen LogP contribution in [0, 0.1) is 5.92 Å². The summed E-state index contributed by atoms with van der Waals surface area (Å²) in [5, 5.41) is 4.70. The van der Waals surface area contributed by atoms with E-state index < -0.39 is 10.0 Å². The average molecular weight is 385 g/mol. The van der Waals surface area contributed by atoms with Crippen molar-refractivity contribution in [2.75, 3.05) is 33.8 Å². The number of ether oxygens (including phenoxy) is 1. The second-order valence-corrected chi connectivity index (χ2v) is 8.15. The Labute approximate surface area is 155 Å². The Balaban J connectivity index is 0.00000225. The van der Waals surface area contributed by atoms with Gasteiger partial charge in [-0.3, -0.25) is 0 Å². The number of hydrogen-bond acceptors (Lipinski definition) is 4. The third-order valence-corrected chi connectivity index (χ3v) is 6.58. The zero-order chi connectivity index (χ0) is 17.2. The molecule has 1 N–H and O–H groups in total. The largest absolute Gasteiger partial charge is 0.496 e. The van der Waals surface area contributed by atoms with Gasteiger partial charge in [0.2, 0.25) is 10.0 Å². The number of piperidine rings is 1. The number of nitrogens with one attached hydrogen (secondary N) is 1. The standard InChI is InChI=1S/C18H24N2O3S.ClH/c1-19-12-14-6-5-11-20(13-14)24(21,22)18-10-9-17(23-2)15-7-3-4-8-16(15)18;/h3-4,7-10,14,19H,5-6,11-13H2,1-2H3;1H. The smallest absolute Gasteiger partial charge is 0.243 e. The van der Waals surface area contributed by atoms with Crippen LogP contribution in [0.4, 0.5) is 0 Å². The SMILES string of the molecule is CNCC1CCCN(S(=O)(=O)c2ccc(OC)c3ccccc23)C1.Cl. The Bertz CT molecular complexity index is 824. The fraction of sp³-hybridized carbons (Fsp3) is 0.444. The number of hydrogen-bond donors (Lipinski definition) is 1. The minimum absolute atomic E-state index is 0. The summed E-state index contributed by atoms with van der Waals surface area (Å²) in [5.41, 5.74) is 0. The molecule has 25 heavy (non-hydrogen) atoms. The van der Waals surface area contributed by atoms with Crippen molar-refractivity contribution in [3.05, 3.63) is 36.4 Å². The van der Waals surface area contributed by atoms with E-state index in [0.717, 1.165) is 24.8 Å². The summed E-state index contributed by atoms with van der Waals surface area (Å²) in [6.45, 7) is 2.00. The average Bonchev–Trinajstić information content (AvgIpc) is 2.61. The number of methoxy groups -OCH3 is 1. The molecule has 0 spiro atoms. The molecule has 1 heterocycles. The second kappa shape index (κ2) is 8.36. The van der Waals surface area contributed by atoms with Gasteiger partial charge in [-0.1, -0.05) is 24.3 Å². The van der Waals surface area contributed by atoms with Crippen molar-refractivity contribution in [3.8, 4) is 5.75 Å². The Kier molecular flexibility index (Phi) is 6.68. The molecule has 0 aliphatic carbocycles. The molecule has 1 aliphatic rings. The molecule has 138 valence electrons. The highest BCUT2D eigenvalue weighted by molar-refractivity contribution is 7.89. The lowest BCUT2D eigenvalue weighted by molar-refractivity contribution is 0.263. The minimum Gasteiger partial charge on any atom is -0.496 e. The summed E-state index contributed by atoms with van der Waals surface area (Å²) >= 11 is 0. The van der Waals surface area contributed by atoms with Crippen LogP contribution in [0.5, 0.6) is 5.75 Å². The molecule has 1 saturated heterocycles. The number of rotatable bonds is 5. The molecule has 1 fully saturated rings. The van der Waals surface area contributed by atoms with Crippen molar-refractivity contribution >= 4 is 33.2 Å². The van der Waals surface area contributed by atoms with Gasteiger partial charge in [-0.2, -0.15) is 4.31 Å². The van der Waals surface area contributed by atoms with Gasteiger partial charge in [-0.05, 0) is 44.5 Å². The lowest BCUT2D eigenvalue weighted by atomic mass is 10.00. The quantitative estimate of drug-likeness (QED) is 0.861. The first-order valence-electron chi connectivity index (χ1n) is 8.28. The topological polar surface area (TPSA) is 58.6 Å². The van der Waals surface area contributed by atoms with Gasteiger partial charge >= 0.3 is 0 Å². The molecule has 2 aromatic carbocycles. The summed E-state index contributed by atoms with van der Waals surface area (Å²) in [4.78, 5) is 0.365. The highest BCUT2D eigenvalue weighted by Crippen LogP contribution is 2.33. The summed E-state index contributed by atoms with van der Waals surface area (Å²) in [7, 11) is -0.00755. The molecule has 0 aromatic heterocycles. The first kappa shape index (κ1) is 20.0. The first-order valence-corrected chi connectivity index (χ1v) is 9.72. The predicted octanol–water partition coefficient (Wildman–Crippen LogP) is 2.89. The van der Waals surface area contributed by atoms with Gasteiger partial charge in [0, 0.05) is 23.9 Å². The van der Waals surface area contributed by atoms with Crippen LogP contribution in [0.3, 0.4) is 0 Å². The van der Waals surface area contributed by atoms with Gasteiger partial charge in [0.1, 0.15) is 5.75 Å². The highest BCUT2D eigenvalue weighted by atomic mass is 35.5. The van der Waals surface area contributed by atoms with Crippen LogP contribution in [0.15, 0.2) is 41.3 Å². The van der Waals surface area contributed by atoms with E-state index in [0.29, 0.717) is 35.0 Å². The van der Waals surface area contributed by atoms with Gasteiger partial charge < -0.3 is 10.1 Å². The van der Waals surface area contributed by atoms with Crippen LogP contribution in [0.2, 0.25) is 0 Å². The lowest BCUT2D eigenvalue weighted by Crippen LogP contribution is -2.42. The van der Waals surface area contributed by atoms with E-state index in [2.05, 4.69) is 5.32 Å². The fourth-order valence-electron chi connectivity index (χ4n) is 3.49.